The number of anilines is 2. The molecular weight excluding hydrogens is 290 g/mol. The zero-order chi connectivity index (χ0) is 15.3. The number of nitrogens with zero attached hydrogens (tertiary/aromatic N) is 2. The Labute approximate surface area is 122 Å². The fourth-order valence-corrected chi connectivity index (χ4v) is 2.86. The van der Waals surface area contributed by atoms with Crippen LogP contribution in [0.5, 0.6) is 0 Å². The van der Waals surface area contributed by atoms with Gasteiger partial charge in [0.25, 0.3) is 10.0 Å². The van der Waals surface area contributed by atoms with Gasteiger partial charge >= 0.3 is 0 Å². The van der Waals surface area contributed by atoms with Crippen molar-refractivity contribution in [3.8, 4) is 6.07 Å². The maximum absolute atomic E-state index is 12.3. The minimum absolute atomic E-state index is 0.186. The molecule has 0 atom stereocenters. The summed E-state index contributed by atoms with van der Waals surface area (Å²) in [5, 5.41) is 8.41. The molecule has 0 saturated carbocycles. The minimum Gasteiger partial charge on any atom is -0.321 e. The van der Waals surface area contributed by atoms with Gasteiger partial charge in [-0.15, -0.1) is 0 Å². The Morgan fingerprint density at radius 3 is 2.57 bits per heavy atom. The highest BCUT2D eigenvalue weighted by atomic mass is 32.2. The van der Waals surface area contributed by atoms with E-state index in [0.29, 0.717) is 5.69 Å². The second kappa shape index (κ2) is 6.21. The van der Waals surface area contributed by atoms with E-state index in [1.807, 2.05) is 6.07 Å². The maximum Gasteiger partial charge on any atom is 0.281 e. The van der Waals surface area contributed by atoms with Crippen LogP contribution in [0.1, 0.15) is 5.56 Å². The first-order valence-electron chi connectivity index (χ1n) is 5.97. The predicted octanol–water partition coefficient (Wildman–Crippen LogP) is 1.23. The number of sulfonamides is 1. The van der Waals surface area contributed by atoms with Crippen molar-refractivity contribution in [3.63, 3.8) is 0 Å². The van der Waals surface area contributed by atoms with Crippen LogP contribution in [0.4, 0.5) is 11.4 Å². The maximum atomic E-state index is 12.3. The Kier molecular flexibility index (Phi) is 4.37. The van der Waals surface area contributed by atoms with E-state index in [2.05, 4.69) is 15.1 Å². The summed E-state index contributed by atoms with van der Waals surface area (Å²) in [6.07, 6.45) is 1.64. The van der Waals surface area contributed by atoms with Gasteiger partial charge in [0.1, 0.15) is 0 Å². The van der Waals surface area contributed by atoms with E-state index < -0.39 is 10.0 Å². The van der Waals surface area contributed by atoms with E-state index in [1.54, 1.807) is 30.3 Å². The summed E-state index contributed by atoms with van der Waals surface area (Å²) in [6.45, 7) is 0. The predicted molar refractivity (Wildman–Crippen MR) is 78.6 cm³/mol. The molecular formula is C13H13N5O2S. The molecule has 0 radical (unpaired) electrons. The molecule has 108 valence electrons. The molecule has 0 saturated heterocycles. The molecule has 0 spiro atoms. The van der Waals surface area contributed by atoms with Crippen molar-refractivity contribution < 1.29 is 8.42 Å². The van der Waals surface area contributed by atoms with Crippen molar-refractivity contribution in [1.82, 2.24) is 4.98 Å². The third kappa shape index (κ3) is 3.47. The summed E-state index contributed by atoms with van der Waals surface area (Å²) in [5.41, 5.74) is 3.68. The number of benzene rings is 1. The standard InChI is InChI=1S/C13H13N5O2S/c14-8-7-10-3-5-11(6-4-10)18-21(19,20)13-12(17-15)2-1-9-16-13/h1-6,9,17-18H,7,15H2. The molecule has 0 aliphatic carbocycles. The normalized spacial score (nSPS) is 10.7. The highest BCUT2D eigenvalue weighted by Crippen LogP contribution is 2.20. The van der Waals surface area contributed by atoms with Crippen LogP contribution in [0.2, 0.25) is 0 Å². The van der Waals surface area contributed by atoms with E-state index in [1.165, 1.54) is 12.3 Å². The fraction of sp³-hybridized carbons (Fsp3) is 0.0769. The van der Waals surface area contributed by atoms with E-state index in [-0.39, 0.29) is 17.1 Å². The number of rotatable bonds is 5. The smallest absolute Gasteiger partial charge is 0.281 e. The molecule has 0 aliphatic heterocycles. The van der Waals surface area contributed by atoms with Crippen molar-refractivity contribution >= 4 is 21.4 Å². The molecule has 1 aromatic heterocycles. The van der Waals surface area contributed by atoms with Gasteiger partial charge in [-0.25, -0.2) is 4.98 Å². The van der Waals surface area contributed by atoms with Crippen molar-refractivity contribution in [2.45, 2.75) is 11.4 Å². The van der Waals surface area contributed by atoms with Crippen molar-refractivity contribution in [2.24, 2.45) is 5.84 Å². The van der Waals surface area contributed by atoms with E-state index in [0.717, 1.165) is 5.56 Å². The molecule has 0 unspecified atom stereocenters. The molecule has 0 amide bonds. The Morgan fingerprint density at radius 1 is 1.24 bits per heavy atom. The molecule has 2 aromatic rings. The van der Waals surface area contributed by atoms with Crippen LogP contribution < -0.4 is 16.0 Å². The number of nitriles is 1. The first kappa shape index (κ1) is 14.8. The van der Waals surface area contributed by atoms with Crippen LogP contribution in [-0.4, -0.2) is 13.4 Å². The quantitative estimate of drug-likeness (QED) is 0.564. The fourth-order valence-electron chi connectivity index (χ4n) is 1.70. The number of nitrogen functional groups attached to an aromatic ring is 1. The first-order chi connectivity index (χ1) is 10.1. The van der Waals surface area contributed by atoms with Gasteiger partial charge in [0.15, 0.2) is 0 Å². The van der Waals surface area contributed by atoms with Crippen LogP contribution in [0.3, 0.4) is 0 Å². The Hall–Kier alpha value is -2.63. The molecule has 21 heavy (non-hydrogen) atoms. The molecule has 7 nitrogen and oxygen atoms in total. The zero-order valence-electron chi connectivity index (χ0n) is 10.9. The number of nitrogens with two attached hydrogens (primary N) is 1. The topological polar surface area (TPSA) is 121 Å². The Bertz CT molecular complexity index is 766. The number of hydrogen-bond donors (Lipinski definition) is 3. The first-order valence-corrected chi connectivity index (χ1v) is 7.45. The number of pyridine rings is 1. The number of nitrogens with one attached hydrogen (secondary N) is 2. The zero-order valence-corrected chi connectivity index (χ0v) is 11.8. The van der Waals surface area contributed by atoms with Crippen molar-refractivity contribution in [2.75, 3.05) is 10.1 Å². The van der Waals surface area contributed by atoms with Crippen LogP contribution >= 0.6 is 0 Å². The highest BCUT2D eigenvalue weighted by molar-refractivity contribution is 7.92. The summed E-state index contributed by atoms with van der Waals surface area (Å²) < 4.78 is 27.0. The lowest BCUT2D eigenvalue weighted by Crippen LogP contribution is -2.18. The number of hydrogen-bond acceptors (Lipinski definition) is 6. The van der Waals surface area contributed by atoms with Crippen LogP contribution in [0.15, 0.2) is 47.6 Å². The summed E-state index contributed by atoms with van der Waals surface area (Å²) >= 11 is 0. The monoisotopic (exact) mass is 303 g/mol. The van der Waals surface area contributed by atoms with Crippen LogP contribution in [0, 0.1) is 11.3 Å². The highest BCUT2D eigenvalue weighted by Gasteiger charge is 2.19. The third-order valence-electron chi connectivity index (χ3n) is 2.67. The average Bonchev–Trinajstić information content (AvgIpc) is 2.49. The van der Waals surface area contributed by atoms with Gasteiger partial charge in [-0.3, -0.25) is 10.6 Å². The summed E-state index contributed by atoms with van der Waals surface area (Å²) in [5.74, 6) is 5.28. The lowest BCUT2D eigenvalue weighted by atomic mass is 10.1. The largest absolute Gasteiger partial charge is 0.321 e. The van der Waals surface area contributed by atoms with Gasteiger partial charge < -0.3 is 5.43 Å². The molecule has 4 N–H and O–H groups in total. The molecule has 0 bridgehead atoms. The summed E-state index contributed by atoms with van der Waals surface area (Å²) in [7, 11) is -3.85. The summed E-state index contributed by atoms with van der Waals surface area (Å²) in [6, 6.07) is 11.6. The van der Waals surface area contributed by atoms with E-state index >= 15 is 0 Å². The van der Waals surface area contributed by atoms with Crippen LogP contribution in [0.25, 0.3) is 0 Å². The number of hydrazine groups is 1. The Balaban J connectivity index is 2.27. The summed E-state index contributed by atoms with van der Waals surface area (Å²) in [4.78, 5) is 3.83. The van der Waals surface area contributed by atoms with Gasteiger partial charge in [0.2, 0.25) is 5.03 Å². The average molecular weight is 303 g/mol. The van der Waals surface area contributed by atoms with Gasteiger partial charge in [-0.1, -0.05) is 12.1 Å². The van der Waals surface area contributed by atoms with Crippen molar-refractivity contribution in [3.05, 3.63) is 48.2 Å². The van der Waals surface area contributed by atoms with Gasteiger partial charge in [-0.2, -0.15) is 13.7 Å². The lowest BCUT2D eigenvalue weighted by molar-refractivity contribution is 0.598. The SMILES string of the molecule is N#CCc1ccc(NS(=O)(=O)c2ncccc2NN)cc1. The second-order valence-corrected chi connectivity index (χ2v) is 5.74. The van der Waals surface area contributed by atoms with E-state index in [4.69, 9.17) is 11.1 Å². The second-order valence-electron chi connectivity index (χ2n) is 4.14. The molecule has 0 fully saturated rings. The Morgan fingerprint density at radius 2 is 1.95 bits per heavy atom. The van der Waals surface area contributed by atoms with Crippen molar-refractivity contribution in [1.29, 1.82) is 5.26 Å². The van der Waals surface area contributed by atoms with Crippen LogP contribution in [-0.2, 0) is 16.4 Å². The molecule has 1 aromatic carbocycles. The van der Waals surface area contributed by atoms with Gasteiger partial charge in [-0.05, 0) is 29.8 Å². The van der Waals surface area contributed by atoms with Gasteiger partial charge in [0.05, 0.1) is 18.2 Å². The molecule has 2 rings (SSSR count). The lowest BCUT2D eigenvalue weighted by Gasteiger charge is -2.10. The molecule has 8 heteroatoms. The minimum atomic E-state index is -3.85. The molecule has 0 aliphatic rings. The third-order valence-corrected chi connectivity index (χ3v) is 4.01. The van der Waals surface area contributed by atoms with Gasteiger partial charge in [0, 0.05) is 11.9 Å². The number of aromatic nitrogens is 1. The molecule has 1 heterocycles. The van der Waals surface area contributed by atoms with E-state index in [9.17, 15) is 8.42 Å².